The van der Waals surface area contributed by atoms with Gasteiger partial charge in [0.15, 0.2) is 0 Å². The van der Waals surface area contributed by atoms with E-state index in [1.165, 1.54) is 10.9 Å². The van der Waals surface area contributed by atoms with Gasteiger partial charge in [0.2, 0.25) is 5.95 Å². The van der Waals surface area contributed by atoms with Crippen molar-refractivity contribution >= 4 is 28.6 Å². The molecule has 0 aromatic carbocycles. The second-order valence-electron chi connectivity index (χ2n) is 2.73. The molecule has 0 aliphatic carbocycles. The second kappa shape index (κ2) is 4.03. The summed E-state index contributed by atoms with van der Waals surface area (Å²) in [6, 6.07) is 0. The molecule has 0 spiro atoms. The normalized spacial score (nSPS) is 12.8. The van der Waals surface area contributed by atoms with Crippen LogP contribution >= 0.6 is 22.6 Å². The summed E-state index contributed by atoms with van der Waals surface area (Å²) in [5, 5.41) is 12.1. The first-order valence-electron chi connectivity index (χ1n) is 3.62. The number of hydrogen-bond acceptors (Lipinski definition) is 2. The number of carboxylic acids is 1. The fourth-order valence-corrected chi connectivity index (χ4v) is 1.26. The van der Waals surface area contributed by atoms with E-state index in [4.69, 9.17) is 5.11 Å². The van der Waals surface area contributed by atoms with Crippen molar-refractivity contribution in [1.29, 1.82) is 0 Å². The Balaban J connectivity index is 2.69. The highest BCUT2D eigenvalue weighted by molar-refractivity contribution is 14.1. The van der Waals surface area contributed by atoms with Crippen LogP contribution in [0.1, 0.15) is 6.92 Å². The van der Waals surface area contributed by atoms with Gasteiger partial charge < -0.3 is 5.11 Å². The molecule has 0 saturated carbocycles. The van der Waals surface area contributed by atoms with Crippen LogP contribution in [-0.4, -0.2) is 20.9 Å². The van der Waals surface area contributed by atoms with Crippen LogP contribution in [-0.2, 0) is 11.3 Å². The molecule has 6 heteroatoms. The van der Waals surface area contributed by atoms with Crippen molar-refractivity contribution in [2.24, 2.45) is 5.92 Å². The van der Waals surface area contributed by atoms with E-state index < -0.39 is 17.8 Å². The Hall–Kier alpha value is -0.660. The summed E-state index contributed by atoms with van der Waals surface area (Å²) in [5.41, 5.74) is 0. The average molecular weight is 298 g/mol. The number of carbonyl (C=O) groups is 1. The highest BCUT2D eigenvalue weighted by Crippen LogP contribution is 2.09. The molecule has 0 radical (unpaired) electrons. The zero-order chi connectivity index (χ0) is 10.0. The van der Waals surface area contributed by atoms with Gasteiger partial charge in [-0.15, -0.1) is 5.10 Å². The quantitative estimate of drug-likeness (QED) is 0.857. The lowest BCUT2D eigenvalue weighted by Crippen LogP contribution is -2.17. The van der Waals surface area contributed by atoms with Crippen molar-refractivity contribution in [2.45, 2.75) is 13.5 Å². The van der Waals surface area contributed by atoms with Crippen LogP contribution in [0.4, 0.5) is 4.39 Å². The maximum atomic E-state index is 12.7. The SMILES string of the molecule is CC(Cn1cc(I)c(F)n1)C(=O)O. The maximum Gasteiger partial charge on any atom is 0.308 e. The van der Waals surface area contributed by atoms with Gasteiger partial charge in [0.05, 0.1) is 16.0 Å². The molecule has 0 saturated heterocycles. The first-order valence-corrected chi connectivity index (χ1v) is 4.70. The Morgan fingerprint density at radius 2 is 2.54 bits per heavy atom. The summed E-state index contributed by atoms with van der Waals surface area (Å²) in [6.07, 6.45) is 1.48. The lowest BCUT2D eigenvalue weighted by molar-refractivity contribution is -0.141. The number of hydrogen-bond donors (Lipinski definition) is 1. The van der Waals surface area contributed by atoms with Gasteiger partial charge in [0, 0.05) is 6.20 Å². The monoisotopic (exact) mass is 298 g/mol. The van der Waals surface area contributed by atoms with Gasteiger partial charge in [-0.05, 0) is 22.6 Å². The van der Waals surface area contributed by atoms with Crippen molar-refractivity contribution in [3.05, 3.63) is 15.7 Å². The zero-order valence-corrected chi connectivity index (χ0v) is 9.03. The van der Waals surface area contributed by atoms with Crippen LogP contribution in [0.15, 0.2) is 6.20 Å². The van der Waals surface area contributed by atoms with Gasteiger partial charge >= 0.3 is 5.97 Å². The van der Waals surface area contributed by atoms with Crippen LogP contribution in [0.25, 0.3) is 0 Å². The predicted molar refractivity (Wildman–Crippen MR) is 51.7 cm³/mol. The fourth-order valence-electron chi connectivity index (χ4n) is 0.826. The lowest BCUT2D eigenvalue weighted by atomic mass is 10.2. The summed E-state index contributed by atoms with van der Waals surface area (Å²) in [7, 11) is 0. The topological polar surface area (TPSA) is 55.1 Å². The van der Waals surface area contributed by atoms with Gasteiger partial charge in [-0.2, -0.15) is 4.39 Å². The maximum absolute atomic E-state index is 12.7. The Bertz CT molecular complexity index is 307. The van der Waals surface area contributed by atoms with Crippen LogP contribution in [0.2, 0.25) is 0 Å². The summed E-state index contributed by atoms with van der Waals surface area (Å²) in [6.45, 7) is 1.74. The number of carboxylic acid groups (broad SMARTS) is 1. The second-order valence-corrected chi connectivity index (χ2v) is 3.89. The van der Waals surface area contributed by atoms with E-state index in [2.05, 4.69) is 5.10 Å². The van der Waals surface area contributed by atoms with Crippen molar-refractivity contribution in [3.8, 4) is 0 Å². The summed E-state index contributed by atoms with van der Waals surface area (Å²) < 4.78 is 14.4. The van der Waals surface area contributed by atoms with Crippen LogP contribution < -0.4 is 0 Å². The highest BCUT2D eigenvalue weighted by atomic mass is 127. The highest BCUT2D eigenvalue weighted by Gasteiger charge is 2.13. The molecule has 1 heterocycles. The van der Waals surface area contributed by atoms with Gasteiger partial charge in [-0.1, -0.05) is 6.92 Å². The smallest absolute Gasteiger partial charge is 0.308 e. The molecule has 0 fully saturated rings. The van der Waals surface area contributed by atoms with E-state index in [-0.39, 0.29) is 6.54 Å². The van der Waals surface area contributed by atoms with E-state index in [1.54, 1.807) is 29.5 Å². The molecule has 1 aromatic heterocycles. The molecule has 1 rings (SSSR count). The summed E-state index contributed by atoms with van der Waals surface area (Å²) in [4.78, 5) is 10.5. The molecular weight excluding hydrogens is 290 g/mol. The molecule has 1 unspecified atom stereocenters. The zero-order valence-electron chi connectivity index (χ0n) is 6.87. The molecular formula is C7H8FIN2O2. The largest absolute Gasteiger partial charge is 0.481 e. The average Bonchev–Trinajstić information content (AvgIpc) is 2.31. The van der Waals surface area contributed by atoms with E-state index >= 15 is 0 Å². The molecule has 1 aromatic rings. The Morgan fingerprint density at radius 3 is 2.92 bits per heavy atom. The predicted octanol–water partition coefficient (Wildman–Crippen LogP) is 1.35. The minimum atomic E-state index is -0.911. The lowest BCUT2D eigenvalue weighted by Gasteiger charge is -2.04. The van der Waals surface area contributed by atoms with E-state index in [1.807, 2.05) is 0 Å². The van der Waals surface area contributed by atoms with Crippen molar-refractivity contribution in [3.63, 3.8) is 0 Å². The third-order valence-electron chi connectivity index (χ3n) is 1.56. The minimum Gasteiger partial charge on any atom is -0.481 e. The minimum absolute atomic E-state index is 0.190. The molecule has 0 aliphatic heterocycles. The molecule has 0 bridgehead atoms. The number of nitrogens with zero attached hydrogens (tertiary/aromatic N) is 2. The fraction of sp³-hybridized carbons (Fsp3) is 0.429. The van der Waals surface area contributed by atoms with Crippen molar-refractivity contribution in [2.75, 3.05) is 0 Å². The first kappa shape index (κ1) is 10.4. The number of rotatable bonds is 3. The van der Waals surface area contributed by atoms with Crippen molar-refractivity contribution < 1.29 is 14.3 Å². The standard InChI is InChI=1S/C7H8FIN2O2/c1-4(7(12)13)2-11-3-5(9)6(8)10-11/h3-4H,2H2,1H3,(H,12,13). The van der Waals surface area contributed by atoms with Crippen molar-refractivity contribution in [1.82, 2.24) is 9.78 Å². The number of aliphatic carboxylic acids is 1. The number of aromatic nitrogens is 2. The number of halogens is 2. The molecule has 0 aliphatic rings. The third kappa shape index (κ3) is 2.64. The molecule has 1 atom stereocenters. The Kier molecular flexibility index (Phi) is 3.23. The molecule has 13 heavy (non-hydrogen) atoms. The Morgan fingerprint density at radius 1 is 1.92 bits per heavy atom. The van der Waals surface area contributed by atoms with Crippen LogP contribution in [0.5, 0.6) is 0 Å². The van der Waals surface area contributed by atoms with Gasteiger partial charge in [-0.3, -0.25) is 9.48 Å². The van der Waals surface area contributed by atoms with E-state index in [9.17, 15) is 9.18 Å². The van der Waals surface area contributed by atoms with Crippen LogP contribution in [0, 0.1) is 15.4 Å². The molecule has 4 nitrogen and oxygen atoms in total. The Labute approximate surface area is 87.9 Å². The first-order chi connectivity index (χ1) is 6.00. The molecule has 72 valence electrons. The molecule has 0 amide bonds. The van der Waals surface area contributed by atoms with E-state index in [0.717, 1.165) is 0 Å². The van der Waals surface area contributed by atoms with Crippen LogP contribution in [0.3, 0.4) is 0 Å². The van der Waals surface area contributed by atoms with E-state index in [0.29, 0.717) is 3.57 Å². The third-order valence-corrected chi connectivity index (χ3v) is 2.28. The van der Waals surface area contributed by atoms with Gasteiger partial charge in [-0.25, -0.2) is 0 Å². The summed E-state index contributed by atoms with van der Waals surface area (Å²) >= 11 is 1.80. The molecule has 1 N–H and O–H groups in total. The van der Waals surface area contributed by atoms with Gasteiger partial charge in [0.1, 0.15) is 0 Å². The summed E-state index contributed by atoms with van der Waals surface area (Å²) in [5.74, 6) is -2.03. The van der Waals surface area contributed by atoms with Gasteiger partial charge in [0.25, 0.3) is 0 Å².